The van der Waals surface area contributed by atoms with E-state index >= 15 is 0 Å². The van der Waals surface area contributed by atoms with E-state index < -0.39 is 0 Å². The molecular weight excluding hydrogens is 501 g/mol. The molecule has 168 valence electrons. The molecule has 0 unspecified atom stereocenters. The number of guanidine groups is 1. The van der Waals surface area contributed by atoms with Crippen LogP contribution in [0.1, 0.15) is 43.0 Å². The minimum absolute atomic E-state index is 0. The van der Waals surface area contributed by atoms with Crippen molar-refractivity contribution in [2.45, 2.75) is 39.5 Å². The lowest BCUT2D eigenvalue weighted by molar-refractivity contribution is 0.469. The van der Waals surface area contributed by atoms with Crippen molar-refractivity contribution in [2.24, 2.45) is 4.99 Å². The van der Waals surface area contributed by atoms with Gasteiger partial charge in [-0.1, -0.05) is 23.8 Å². The van der Waals surface area contributed by atoms with Crippen molar-refractivity contribution in [2.75, 3.05) is 32.4 Å². The van der Waals surface area contributed by atoms with Gasteiger partial charge in [0, 0.05) is 26.7 Å². The Morgan fingerprint density at radius 1 is 1.35 bits per heavy atom. The van der Waals surface area contributed by atoms with Crippen LogP contribution in [-0.4, -0.2) is 47.3 Å². The highest BCUT2D eigenvalue weighted by atomic mass is 127. The van der Waals surface area contributed by atoms with Crippen molar-refractivity contribution in [3.63, 3.8) is 0 Å². The number of unbranched alkanes of at least 4 members (excludes halogenated alkanes) is 1. The summed E-state index contributed by atoms with van der Waals surface area (Å²) in [5.41, 5.74) is 9.39. The van der Waals surface area contributed by atoms with E-state index in [1.54, 1.807) is 4.68 Å². The number of nitriles is 1. The fraction of sp³-hybridized carbons (Fsp3) is 0.435. The quantitative estimate of drug-likeness (QED) is 0.157. The first-order valence-corrected chi connectivity index (χ1v) is 10.5. The van der Waals surface area contributed by atoms with E-state index in [1.165, 1.54) is 0 Å². The Labute approximate surface area is 203 Å². The predicted octanol–water partition coefficient (Wildman–Crippen LogP) is 4.05. The maximum atomic E-state index is 9.56. The fourth-order valence-electron chi connectivity index (χ4n) is 3.14. The summed E-state index contributed by atoms with van der Waals surface area (Å²) in [6, 6.07) is 10.1. The van der Waals surface area contributed by atoms with Gasteiger partial charge in [-0.05, 0) is 51.7 Å². The average molecular weight is 535 g/mol. The maximum absolute atomic E-state index is 9.56. The molecule has 0 aliphatic heterocycles. The molecule has 0 fully saturated rings. The van der Waals surface area contributed by atoms with Gasteiger partial charge in [-0.3, -0.25) is 4.99 Å². The van der Waals surface area contributed by atoms with Gasteiger partial charge in [-0.25, -0.2) is 4.68 Å². The number of benzene rings is 1. The summed E-state index contributed by atoms with van der Waals surface area (Å²) in [5, 5.41) is 17.5. The molecule has 0 bridgehead atoms. The summed E-state index contributed by atoms with van der Waals surface area (Å²) in [4.78, 5) is 6.85. The van der Waals surface area contributed by atoms with Crippen molar-refractivity contribution >= 4 is 35.8 Å². The van der Waals surface area contributed by atoms with Crippen LogP contribution >= 0.6 is 24.0 Å². The number of rotatable bonds is 10. The Morgan fingerprint density at radius 2 is 2.06 bits per heavy atom. The molecule has 0 spiro atoms. The second-order valence-electron chi connectivity index (χ2n) is 7.26. The van der Waals surface area contributed by atoms with E-state index in [0.29, 0.717) is 24.3 Å². The third-order valence-corrected chi connectivity index (χ3v) is 4.82. The molecule has 1 aromatic carbocycles. The average Bonchev–Trinajstić information content (AvgIpc) is 3.06. The standard InChI is InChI=1S/C23H33N7.HI/c1-5-7-8-16-29(4)23(26-6-2)27-15-9-10-21-20(17-24)22(25)30(28-21)19-13-11-18(3)12-14-19;/h5,11-14H,1,6-10,15-16,25H2,2-4H3,(H,26,27);1H. The van der Waals surface area contributed by atoms with E-state index in [9.17, 15) is 5.26 Å². The van der Waals surface area contributed by atoms with Crippen LogP contribution in [0, 0.1) is 18.3 Å². The van der Waals surface area contributed by atoms with Crippen LogP contribution < -0.4 is 11.1 Å². The van der Waals surface area contributed by atoms with E-state index in [2.05, 4.69) is 34.9 Å². The highest BCUT2D eigenvalue weighted by molar-refractivity contribution is 14.0. The van der Waals surface area contributed by atoms with Gasteiger partial charge < -0.3 is 16.0 Å². The SMILES string of the molecule is C=CCCCN(C)C(=NCCCc1nn(-c2ccc(C)cc2)c(N)c1C#N)NCC.I. The molecular formula is C23H34IN7. The number of nitrogen functional groups attached to an aromatic ring is 1. The van der Waals surface area contributed by atoms with Gasteiger partial charge in [0.25, 0.3) is 0 Å². The van der Waals surface area contributed by atoms with Crippen LogP contribution in [0.15, 0.2) is 41.9 Å². The molecule has 0 saturated heterocycles. The molecule has 31 heavy (non-hydrogen) atoms. The van der Waals surface area contributed by atoms with E-state index in [1.807, 2.05) is 44.3 Å². The smallest absolute Gasteiger partial charge is 0.193 e. The Balaban J connectivity index is 0.00000480. The Kier molecular flexibility index (Phi) is 11.7. The topological polar surface area (TPSA) is 95.3 Å². The van der Waals surface area contributed by atoms with E-state index in [-0.39, 0.29) is 24.0 Å². The van der Waals surface area contributed by atoms with Crippen molar-refractivity contribution in [3.8, 4) is 11.8 Å². The molecule has 0 saturated carbocycles. The molecule has 0 aliphatic rings. The molecule has 0 radical (unpaired) electrons. The summed E-state index contributed by atoms with van der Waals surface area (Å²) >= 11 is 0. The zero-order valence-electron chi connectivity index (χ0n) is 18.8. The third-order valence-electron chi connectivity index (χ3n) is 4.82. The minimum Gasteiger partial charge on any atom is -0.382 e. The third kappa shape index (κ3) is 7.58. The van der Waals surface area contributed by atoms with E-state index in [0.717, 1.165) is 55.3 Å². The number of aromatic nitrogens is 2. The van der Waals surface area contributed by atoms with Crippen molar-refractivity contribution in [3.05, 3.63) is 53.7 Å². The number of nitrogens with two attached hydrogens (primary N) is 1. The monoisotopic (exact) mass is 535 g/mol. The number of nitrogens with one attached hydrogen (secondary N) is 1. The first-order chi connectivity index (χ1) is 14.5. The summed E-state index contributed by atoms with van der Waals surface area (Å²) in [6.45, 7) is 10.3. The number of anilines is 1. The normalized spacial score (nSPS) is 10.8. The highest BCUT2D eigenvalue weighted by Crippen LogP contribution is 2.21. The van der Waals surface area contributed by atoms with Crippen molar-refractivity contribution in [1.29, 1.82) is 5.26 Å². The molecule has 0 aliphatic carbocycles. The second kappa shape index (κ2) is 13.7. The summed E-state index contributed by atoms with van der Waals surface area (Å²) in [6.07, 6.45) is 5.41. The summed E-state index contributed by atoms with van der Waals surface area (Å²) in [5.74, 6) is 1.28. The Bertz CT molecular complexity index is 894. The number of aryl methyl sites for hydroxylation is 2. The van der Waals surface area contributed by atoms with Gasteiger partial charge in [0.15, 0.2) is 5.96 Å². The van der Waals surface area contributed by atoms with Crippen LogP contribution in [0.2, 0.25) is 0 Å². The lowest BCUT2D eigenvalue weighted by Crippen LogP contribution is -2.39. The molecule has 2 aromatic rings. The van der Waals surface area contributed by atoms with Crippen LogP contribution in [0.25, 0.3) is 5.69 Å². The molecule has 1 aromatic heterocycles. The van der Waals surface area contributed by atoms with Crippen LogP contribution in [0.3, 0.4) is 0 Å². The lowest BCUT2D eigenvalue weighted by atomic mass is 10.1. The van der Waals surface area contributed by atoms with Gasteiger partial charge >= 0.3 is 0 Å². The predicted molar refractivity (Wildman–Crippen MR) is 139 cm³/mol. The fourth-order valence-corrected chi connectivity index (χ4v) is 3.14. The molecule has 0 atom stereocenters. The van der Waals surface area contributed by atoms with Gasteiger partial charge in [0.05, 0.1) is 11.4 Å². The minimum atomic E-state index is 0. The maximum Gasteiger partial charge on any atom is 0.193 e. The first kappa shape index (κ1) is 26.5. The Hall–Kier alpha value is -2.54. The number of nitrogens with zero attached hydrogens (tertiary/aromatic N) is 5. The molecule has 7 nitrogen and oxygen atoms in total. The van der Waals surface area contributed by atoms with Gasteiger partial charge in [-0.2, -0.15) is 10.4 Å². The molecule has 2 rings (SSSR count). The summed E-state index contributed by atoms with van der Waals surface area (Å²) < 4.78 is 1.65. The van der Waals surface area contributed by atoms with Gasteiger partial charge in [0.2, 0.25) is 0 Å². The number of allylic oxidation sites excluding steroid dienone is 1. The number of aliphatic imine (C=N–C) groups is 1. The lowest BCUT2D eigenvalue weighted by Gasteiger charge is -2.21. The number of hydrogen-bond donors (Lipinski definition) is 2. The molecule has 0 amide bonds. The Morgan fingerprint density at radius 3 is 2.68 bits per heavy atom. The van der Waals surface area contributed by atoms with Gasteiger partial charge in [0.1, 0.15) is 17.5 Å². The largest absolute Gasteiger partial charge is 0.382 e. The van der Waals surface area contributed by atoms with Crippen LogP contribution in [0.5, 0.6) is 0 Å². The molecule has 1 heterocycles. The van der Waals surface area contributed by atoms with Crippen molar-refractivity contribution < 1.29 is 0 Å². The van der Waals surface area contributed by atoms with Crippen molar-refractivity contribution in [1.82, 2.24) is 20.0 Å². The molecule has 3 N–H and O–H groups in total. The number of halogens is 1. The van der Waals surface area contributed by atoms with Gasteiger partial charge in [-0.15, -0.1) is 30.6 Å². The number of hydrogen-bond acceptors (Lipinski definition) is 4. The highest BCUT2D eigenvalue weighted by Gasteiger charge is 2.16. The van der Waals surface area contributed by atoms with E-state index in [4.69, 9.17) is 10.7 Å². The molecule has 8 heteroatoms. The van der Waals surface area contributed by atoms with Crippen LogP contribution in [-0.2, 0) is 6.42 Å². The zero-order chi connectivity index (χ0) is 21.9. The summed E-state index contributed by atoms with van der Waals surface area (Å²) in [7, 11) is 2.04. The first-order valence-electron chi connectivity index (χ1n) is 10.5. The van der Waals surface area contributed by atoms with Crippen LogP contribution in [0.4, 0.5) is 5.82 Å². The second-order valence-corrected chi connectivity index (χ2v) is 7.26. The zero-order valence-corrected chi connectivity index (χ0v) is 21.1.